The predicted molar refractivity (Wildman–Crippen MR) is 92.1 cm³/mol. The highest BCUT2D eigenvalue weighted by Crippen LogP contribution is 2.16. The summed E-state index contributed by atoms with van der Waals surface area (Å²) >= 11 is 0. The van der Waals surface area contributed by atoms with Crippen molar-refractivity contribution in [2.75, 3.05) is 26.2 Å². The van der Waals surface area contributed by atoms with Crippen LogP contribution in [-0.2, 0) is 11.3 Å². The van der Waals surface area contributed by atoms with Crippen LogP contribution in [0.15, 0.2) is 24.3 Å². The summed E-state index contributed by atoms with van der Waals surface area (Å²) in [6.45, 7) is 11.7. The Kier molecular flexibility index (Phi) is 5.65. The highest BCUT2D eigenvalue weighted by molar-refractivity contribution is 5.68. The SMILES string of the molecule is C[C@H](N)c1cccc(CN2CCN(C(=O)OC(C)(C)C)CC2)c1. The summed E-state index contributed by atoms with van der Waals surface area (Å²) in [7, 11) is 0. The highest BCUT2D eigenvalue weighted by Gasteiger charge is 2.25. The Bertz CT molecular complexity index is 529. The second-order valence-corrected chi connectivity index (χ2v) is 7.28. The first-order valence-corrected chi connectivity index (χ1v) is 8.29. The fraction of sp³-hybridized carbons (Fsp3) is 0.611. The van der Waals surface area contributed by atoms with E-state index in [4.69, 9.17) is 10.5 Å². The summed E-state index contributed by atoms with van der Waals surface area (Å²) < 4.78 is 5.43. The molecule has 1 amide bonds. The van der Waals surface area contributed by atoms with Gasteiger partial charge in [0, 0.05) is 38.8 Å². The summed E-state index contributed by atoms with van der Waals surface area (Å²) in [5.41, 5.74) is 7.94. The third-order valence-electron chi connectivity index (χ3n) is 3.91. The van der Waals surface area contributed by atoms with Crippen LogP contribution in [0, 0.1) is 0 Å². The summed E-state index contributed by atoms with van der Waals surface area (Å²) in [6, 6.07) is 8.48. The lowest BCUT2D eigenvalue weighted by atomic mass is 10.1. The molecule has 5 heteroatoms. The second kappa shape index (κ2) is 7.32. The van der Waals surface area contributed by atoms with Crippen molar-refractivity contribution in [3.05, 3.63) is 35.4 Å². The van der Waals surface area contributed by atoms with Gasteiger partial charge in [0.2, 0.25) is 0 Å². The maximum absolute atomic E-state index is 12.1. The Morgan fingerprint density at radius 2 is 1.91 bits per heavy atom. The molecule has 0 aliphatic carbocycles. The van der Waals surface area contributed by atoms with Crippen LogP contribution in [0.3, 0.4) is 0 Å². The third kappa shape index (κ3) is 5.52. The van der Waals surface area contributed by atoms with Gasteiger partial charge in [-0.1, -0.05) is 24.3 Å². The van der Waals surface area contributed by atoms with Crippen LogP contribution in [0.2, 0.25) is 0 Å². The molecule has 5 nitrogen and oxygen atoms in total. The van der Waals surface area contributed by atoms with Crippen LogP contribution in [0.1, 0.15) is 44.9 Å². The van der Waals surface area contributed by atoms with Gasteiger partial charge in [0.25, 0.3) is 0 Å². The van der Waals surface area contributed by atoms with E-state index >= 15 is 0 Å². The summed E-state index contributed by atoms with van der Waals surface area (Å²) in [5.74, 6) is 0. The van der Waals surface area contributed by atoms with Crippen LogP contribution >= 0.6 is 0 Å². The molecule has 0 aromatic heterocycles. The number of carbonyl (C=O) groups excluding carboxylic acids is 1. The Balaban J connectivity index is 1.85. The molecule has 1 aromatic carbocycles. The molecule has 0 radical (unpaired) electrons. The average molecular weight is 319 g/mol. The van der Waals surface area contributed by atoms with E-state index in [-0.39, 0.29) is 12.1 Å². The first-order valence-electron chi connectivity index (χ1n) is 8.29. The number of amides is 1. The Hall–Kier alpha value is -1.59. The quantitative estimate of drug-likeness (QED) is 0.930. The molecule has 1 heterocycles. The number of carbonyl (C=O) groups is 1. The number of ether oxygens (including phenoxy) is 1. The molecule has 0 unspecified atom stereocenters. The minimum absolute atomic E-state index is 0.0546. The molecule has 1 aliphatic rings. The summed E-state index contributed by atoms with van der Waals surface area (Å²) in [6.07, 6.45) is -0.212. The van der Waals surface area contributed by atoms with Crippen molar-refractivity contribution in [1.29, 1.82) is 0 Å². The minimum atomic E-state index is -0.437. The van der Waals surface area contributed by atoms with Gasteiger partial charge < -0.3 is 15.4 Å². The molecule has 1 saturated heterocycles. The lowest BCUT2D eigenvalue weighted by molar-refractivity contribution is 0.0139. The van der Waals surface area contributed by atoms with E-state index < -0.39 is 5.60 Å². The molecule has 1 aromatic rings. The van der Waals surface area contributed by atoms with Gasteiger partial charge in [-0.25, -0.2) is 4.79 Å². The molecule has 0 spiro atoms. The normalized spacial score (nSPS) is 17.9. The Labute approximate surface area is 139 Å². The number of rotatable bonds is 3. The van der Waals surface area contributed by atoms with Crippen molar-refractivity contribution in [3.63, 3.8) is 0 Å². The van der Waals surface area contributed by atoms with Gasteiger partial charge in [-0.05, 0) is 38.8 Å². The number of nitrogens with two attached hydrogens (primary N) is 1. The van der Waals surface area contributed by atoms with Crippen molar-refractivity contribution in [2.45, 2.75) is 45.9 Å². The molecule has 1 fully saturated rings. The van der Waals surface area contributed by atoms with Crippen molar-refractivity contribution >= 4 is 6.09 Å². The van der Waals surface area contributed by atoms with Crippen molar-refractivity contribution in [3.8, 4) is 0 Å². The zero-order valence-electron chi connectivity index (χ0n) is 14.7. The number of piperazine rings is 1. The first kappa shape index (κ1) is 17.8. The van der Waals surface area contributed by atoms with Crippen LogP contribution < -0.4 is 5.73 Å². The van der Waals surface area contributed by atoms with Gasteiger partial charge in [0.05, 0.1) is 0 Å². The monoisotopic (exact) mass is 319 g/mol. The smallest absolute Gasteiger partial charge is 0.410 e. The molecule has 2 rings (SSSR count). The van der Waals surface area contributed by atoms with E-state index in [1.807, 2.05) is 27.7 Å². The predicted octanol–water partition coefficient (Wildman–Crippen LogP) is 2.76. The van der Waals surface area contributed by atoms with Crippen molar-refractivity contribution in [1.82, 2.24) is 9.80 Å². The molecular weight excluding hydrogens is 290 g/mol. The first-order chi connectivity index (χ1) is 10.7. The van der Waals surface area contributed by atoms with E-state index in [0.29, 0.717) is 13.1 Å². The van der Waals surface area contributed by atoms with Crippen LogP contribution in [-0.4, -0.2) is 47.7 Å². The molecule has 0 bridgehead atoms. The average Bonchev–Trinajstić information content (AvgIpc) is 2.46. The van der Waals surface area contributed by atoms with Crippen LogP contribution in [0.25, 0.3) is 0 Å². The lowest BCUT2D eigenvalue weighted by Crippen LogP contribution is -2.49. The number of hydrogen-bond acceptors (Lipinski definition) is 4. The fourth-order valence-electron chi connectivity index (χ4n) is 2.65. The topological polar surface area (TPSA) is 58.8 Å². The lowest BCUT2D eigenvalue weighted by Gasteiger charge is -2.35. The Morgan fingerprint density at radius 1 is 1.26 bits per heavy atom. The largest absolute Gasteiger partial charge is 0.444 e. The van der Waals surface area contributed by atoms with E-state index in [1.165, 1.54) is 5.56 Å². The summed E-state index contributed by atoms with van der Waals surface area (Å²) in [4.78, 5) is 16.2. The molecular formula is C18H29N3O2. The van der Waals surface area contributed by atoms with E-state index in [2.05, 4.69) is 29.2 Å². The molecule has 128 valence electrons. The van der Waals surface area contributed by atoms with Gasteiger partial charge in [-0.2, -0.15) is 0 Å². The molecule has 2 N–H and O–H groups in total. The Morgan fingerprint density at radius 3 is 2.48 bits per heavy atom. The highest BCUT2D eigenvalue weighted by atomic mass is 16.6. The maximum atomic E-state index is 12.1. The number of nitrogens with zero attached hydrogens (tertiary/aromatic N) is 2. The van der Waals surface area contributed by atoms with Gasteiger partial charge >= 0.3 is 6.09 Å². The minimum Gasteiger partial charge on any atom is -0.444 e. The molecule has 1 atom stereocenters. The standard InChI is InChI=1S/C18H29N3O2/c1-14(19)16-7-5-6-15(12-16)13-20-8-10-21(11-9-20)17(22)23-18(2,3)4/h5-7,12,14H,8-11,13,19H2,1-4H3/t14-/m0/s1. The van der Waals surface area contributed by atoms with Crippen molar-refractivity contribution in [2.24, 2.45) is 5.73 Å². The number of benzene rings is 1. The number of hydrogen-bond donors (Lipinski definition) is 1. The maximum Gasteiger partial charge on any atom is 0.410 e. The van der Waals surface area contributed by atoms with Crippen LogP contribution in [0.5, 0.6) is 0 Å². The van der Waals surface area contributed by atoms with Gasteiger partial charge in [0.1, 0.15) is 5.60 Å². The summed E-state index contributed by atoms with van der Waals surface area (Å²) in [5, 5.41) is 0. The van der Waals surface area contributed by atoms with Crippen LogP contribution in [0.4, 0.5) is 4.79 Å². The van der Waals surface area contributed by atoms with Gasteiger partial charge in [-0.3, -0.25) is 4.90 Å². The zero-order chi connectivity index (χ0) is 17.0. The zero-order valence-corrected chi connectivity index (χ0v) is 14.7. The van der Waals surface area contributed by atoms with Crippen molar-refractivity contribution < 1.29 is 9.53 Å². The van der Waals surface area contributed by atoms with E-state index in [0.717, 1.165) is 25.2 Å². The molecule has 23 heavy (non-hydrogen) atoms. The molecule has 0 saturated carbocycles. The van der Waals surface area contributed by atoms with E-state index in [9.17, 15) is 4.79 Å². The second-order valence-electron chi connectivity index (χ2n) is 7.28. The van der Waals surface area contributed by atoms with E-state index in [1.54, 1.807) is 4.90 Å². The van der Waals surface area contributed by atoms with Gasteiger partial charge in [-0.15, -0.1) is 0 Å². The third-order valence-corrected chi connectivity index (χ3v) is 3.91. The molecule has 1 aliphatic heterocycles. The van der Waals surface area contributed by atoms with Gasteiger partial charge in [0.15, 0.2) is 0 Å². The fourth-order valence-corrected chi connectivity index (χ4v) is 2.65.